The molecule has 5 nitrogen and oxygen atoms in total. The second-order valence-electron chi connectivity index (χ2n) is 5.28. The maximum Gasteiger partial charge on any atom is 0.148 e. The van der Waals surface area contributed by atoms with E-state index in [4.69, 9.17) is 5.73 Å². The van der Waals surface area contributed by atoms with Crippen LogP contribution in [0.1, 0.15) is 33.4 Å². The van der Waals surface area contributed by atoms with Gasteiger partial charge in [0.2, 0.25) is 0 Å². The third-order valence-corrected chi connectivity index (χ3v) is 3.23. The van der Waals surface area contributed by atoms with Gasteiger partial charge in [0.15, 0.2) is 0 Å². The smallest absolute Gasteiger partial charge is 0.148 e. The second kappa shape index (κ2) is 3.66. The molecular weight excluding hydrogens is 204 g/mol. The number of aryl methyl sites for hydroxylation is 2. The average molecular weight is 226 g/mol. The van der Waals surface area contributed by atoms with E-state index < -0.39 is 11.1 Å². The first kappa shape index (κ1) is 12.8. The minimum Gasteiger partial charge on any atom is -0.394 e. The number of nitrogens with zero attached hydrogens (tertiary/aromatic N) is 2. The quantitative estimate of drug-likeness (QED) is 0.725. The fraction of sp³-hybridized carbons (Fsp3) is 0.727. The van der Waals surface area contributed by atoms with Gasteiger partial charge in [0, 0.05) is 7.05 Å². The Hall–Kier alpha value is -1.23. The first-order valence-corrected chi connectivity index (χ1v) is 5.36. The molecular formula is C11H22N4O. The SMILES string of the molecule is Cc1nn(C)c(NC(C)(C)C(C)(C)O)c1N. The summed E-state index contributed by atoms with van der Waals surface area (Å²) in [6.45, 7) is 9.24. The molecule has 5 heteroatoms. The lowest BCUT2D eigenvalue weighted by Gasteiger charge is -2.38. The van der Waals surface area contributed by atoms with E-state index in [0.717, 1.165) is 11.5 Å². The molecule has 1 heterocycles. The van der Waals surface area contributed by atoms with E-state index in [2.05, 4.69) is 10.4 Å². The highest BCUT2D eigenvalue weighted by Gasteiger charge is 2.36. The van der Waals surface area contributed by atoms with Gasteiger partial charge in [-0.1, -0.05) is 0 Å². The summed E-state index contributed by atoms with van der Waals surface area (Å²) in [5.41, 5.74) is 5.98. The summed E-state index contributed by atoms with van der Waals surface area (Å²) in [6.07, 6.45) is 0. The lowest BCUT2D eigenvalue weighted by molar-refractivity contribution is 0.0238. The van der Waals surface area contributed by atoms with Crippen molar-refractivity contribution in [2.45, 2.75) is 45.8 Å². The van der Waals surface area contributed by atoms with Crippen molar-refractivity contribution in [2.24, 2.45) is 7.05 Å². The van der Waals surface area contributed by atoms with Crippen molar-refractivity contribution in [3.05, 3.63) is 5.69 Å². The van der Waals surface area contributed by atoms with Gasteiger partial charge in [-0.15, -0.1) is 0 Å². The predicted octanol–water partition coefficient (Wildman–Crippen LogP) is 1.27. The van der Waals surface area contributed by atoms with Crippen LogP contribution in [-0.4, -0.2) is 26.0 Å². The largest absolute Gasteiger partial charge is 0.394 e. The Balaban J connectivity index is 3.06. The van der Waals surface area contributed by atoms with Crippen molar-refractivity contribution in [1.29, 1.82) is 0 Å². The molecule has 4 N–H and O–H groups in total. The van der Waals surface area contributed by atoms with Crippen LogP contribution in [0.15, 0.2) is 0 Å². The molecule has 0 fully saturated rings. The Kier molecular flexibility index (Phi) is 2.94. The lowest BCUT2D eigenvalue weighted by atomic mass is 9.86. The van der Waals surface area contributed by atoms with E-state index in [1.165, 1.54) is 0 Å². The number of rotatable bonds is 3. The lowest BCUT2D eigenvalue weighted by Crippen LogP contribution is -2.51. The van der Waals surface area contributed by atoms with Gasteiger partial charge >= 0.3 is 0 Å². The first-order chi connectivity index (χ1) is 7.06. The molecule has 0 unspecified atom stereocenters. The van der Waals surface area contributed by atoms with Gasteiger partial charge in [-0.05, 0) is 34.6 Å². The molecule has 0 atom stereocenters. The van der Waals surface area contributed by atoms with Crippen molar-refractivity contribution in [3.8, 4) is 0 Å². The normalized spacial score (nSPS) is 12.9. The molecule has 0 spiro atoms. The van der Waals surface area contributed by atoms with Crippen LogP contribution in [0.4, 0.5) is 11.5 Å². The Morgan fingerprint density at radius 1 is 1.31 bits per heavy atom. The van der Waals surface area contributed by atoms with Crippen LogP contribution in [0, 0.1) is 6.92 Å². The number of anilines is 2. The fourth-order valence-corrected chi connectivity index (χ4v) is 1.27. The molecule has 1 aromatic rings. The highest BCUT2D eigenvalue weighted by atomic mass is 16.3. The van der Waals surface area contributed by atoms with Gasteiger partial charge in [0.25, 0.3) is 0 Å². The summed E-state index contributed by atoms with van der Waals surface area (Å²) < 4.78 is 1.69. The molecule has 0 amide bonds. The predicted molar refractivity (Wildman–Crippen MR) is 66.4 cm³/mol. The summed E-state index contributed by atoms with van der Waals surface area (Å²) in [5, 5.41) is 17.5. The minimum absolute atomic E-state index is 0.499. The molecule has 0 aliphatic heterocycles. The van der Waals surface area contributed by atoms with E-state index in [0.29, 0.717) is 5.69 Å². The van der Waals surface area contributed by atoms with Gasteiger partial charge < -0.3 is 16.2 Å². The first-order valence-electron chi connectivity index (χ1n) is 5.36. The van der Waals surface area contributed by atoms with E-state index >= 15 is 0 Å². The standard InChI is InChI=1S/C11H22N4O/c1-7-8(12)9(15(6)14-7)13-10(2,3)11(4,5)16/h13,16H,12H2,1-6H3. The van der Waals surface area contributed by atoms with Crippen molar-refractivity contribution in [2.75, 3.05) is 11.1 Å². The number of aromatic nitrogens is 2. The van der Waals surface area contributed by atoms with Gasteiger partial charge in [-0.3, -0.25) is 4.68 Å². The van der Waals surface area contributed by atoms with E-state index in [1.807, 2.05) is 27.8 Å². The molecule has 0 aliphatic rings. The molecule has 0 bridgehead atoms. The third kappa shape index (κ3) is 2.14. The number of aliphatic hydroxyl groups is 1. The van der Waals surface area contributed by atoms with Crippen LogP contribution in [0.5, 0.6) is 0 Å². The molecule has 0 aromatic carbocycles. The maximum absolute atomic E-state index is 10.1. The zero-order chi connectivity index (χ0) is 12.7. The summed E-state index contributed by atoms with van der Waals surface area (Å²) >= 11 is 0. The van der Waals surface area contributed by atoms with Gasteiger partial charge in [-0.25, -0.2) is 0 Å². The molecule has 16 heavy (non-hydrogen) atoms. The Morgan fingerprint density at radius 2 is 1.81 bits per heavy atom. The van der Waals surface area contributed by atoms with E-state index in [9.17, 15) is 5.11 Å². The molecule has 1 rings (SSSR count). The highest BCUT2D eigenvalue weighted by molar-refractivity contribution is 5.65. The van der Waals surface area contributed by atoms with Gasteiger partial charge in [0.1, 0.15) is 5.82 Å². The number of nitrogens with two attached hydrogens (primary N) is 1. The number of nitrogens with one attached hydrogen (secondary N) is 1. The van der Waals surface area contributed by atoms with Crippen molar-refractivity contribution >= 4 is 11.5 Å². The topological polar surface area (TPSA) is 76.1 Å². The minimum atomic E-state index is -0.863. The van der Waals surface area contributed by atoms with Crippen LogP contribution >= 0.6 is 0 Å². The Bertz CT molecular complexity index is 387. The summed E-state index contributed by atoms with van der Waals surface area (Å²) in [4.78, 5) is 0. The Labute approximate surface area is 96.6 Å². The molecule has 0 aliphatic carbocycles. The molecule has 0 saturated heterocycles. The zero-order valence-electron chi connectivity index (χ0n) is 10.9. The van der Waals surface area contributed by atoms with Crippen LogP contribution in [0.25, 0.3) is 0 Å². The molecule has 0 saturated carbocycles. The fourth-order valence-electron chi connectivity index (χ4n) is 1.27. The average Bonchev–Trinajstić information content (AvgIpc) is 2.30. The van der Waals surface area contributed by atoms with Crippen LogP contribution in [0.2, 0.25) is 0 Å². The number of hydrogen-bond acceptors (Lipinski definition) is 4. The summed E-state index contributed by atoms with van der Waals surface area (Å²) in [7, 11) is 1.83. The summed E-state index contributed by atoms with van der Waals surface area (Å²) in [6, 6.07) is 0. The monoisotopic (exact) mass is 226 g/mol. The van der Waals surface area contributed by atoms with Crippen LogP contribution < -0.4 is 11.1 Å². The summed E-state index contributed by atoms with van der Waals surface area (Å²) in [5.74, 6) is 0.740. The van der Waals surface area contributed by atoms with Gasteiger partial charge in [0.05, 0.1) is 22.5 Å². The van der Waals surface area contributed by atoms with Crippen molar-refractivity contribution < 1.29 is 5.11 Å². The van der Waals surface area contributed by atoms with E-state index in [1.54, 1.807) is 18.5 Å². The number of hydrogen-bond donors (Lipinski definition) is 3. The molecule has 1 aromatic heterocycles. The Morgan fingerprint density at radius 3 is 2.12 bits per heavy atom. The van der Waals surface area contributed by atoms with E-state index in [-0.39, 0.29) is 0 Å². The van der Waals surface area contributed by atoms with Gasteiger partial charge in [-0.2, -0.15) is 5.10 Å². The van der Waals surface area contributed by atoms with Crippen molar-refractivity contribution in [1.82, 2.24) is 9.78 Å². The van der Waals surface area contributed by atoms with Crippen LogP contribution in [-0.2, 0) is 7.05 Å². The third-order valence-electron chi connectivity index (χ3n) is 3.23. The zero-order valence-corrected chi connectivity index (χ0v) is 10.9. The van der Waals surface area contributed by atoms with Crippen molar-refractivity contribution in [3.63, 3.8) is 0 Å². The van der Waals surface area contributed by atoms with Crippen LogP contribution in [0.3, 0.4) is 0 Å². The molecule has 92 valence electrons. The highest BCUT2D eigenvalue weighted by Crippen LogP contribution is 2.29. The maximum atomic E-state index is 10.1. The molecule has 0 radical (unpaired) electrons. The second-order valence-corrected chi connectivity index (χ2v) is 5.28. The number of nitrogen functional groups attached to an aromatic ring is 1.